The molecule has 0 saturated heterocycles. The lowest BCUT2D eigenvalue weighted by atomic mass is 10.0. The molecule has 0 bridgehead atoms. The number of carbonyl (C=O) groups is 2. The van der Waals surface area contributed by atoms with Crippen LogP contribution in [0.15, 0.2) is 29.2 Å². The van der Waals surface area contributed by atoms with Gasteiger partial charge in [-0.15, -0.1) is 11.8 Å². The lowest BCUT2D eigenvalue weighted by molar-refractivity contribution is -0.138. The first-order valence-electron chi connectivity index (χ1n) is 6.79. The molecule has 108 valence electrons. The molecule has 2 rings (SSSR count). The largest absolute Gasteiger partial charge is 0.481 e. The number of aliphatic carboxylic acids is 1. The zero-order valence-corrected chi connectivity index (χ0v) is 12.3. The van der Waals surface area contributed by atoms with E-state index in [1.807, 2.05) is 30.0 Å². The molecule has 1 amide bonds. The maximum absolute atomic E-state index is 12.0. The van der Waals surface area contributed by atoms with E-state index >= 15 is 0 Å². The summed E-state index contributed by atoms with van der Waals surface area (Å²) < 4.78 is 0. The van der Waals surface area contributed by atoms with Crippen molar-refractivity contribution in [2.45, 2.75) is 37.1 Å². The number of benzene rings is 1. The molecule has 2 atom stereocenters. The summed E-state index contributed by atoms with van der Waals surface area (Å²) in [5, 5.41) is 11.7. The topological polar surface area (TPSA) is 66.4 Å². The van der Waals surface area contributed by atoms with Gasteiger partial charge in [0.15, 0.2) is 0 Å². The Labute approximate surface area is 123 Å². The zero-order chi connectivity index (χ0) is 14.5. The van der Waals surface area contributed by atoms with Crippen molar-refractivity contribution in [3.05, 3.63) is 29.8 Å². The van der Waals surface area contributed by atoms with Gasteiger partial charge < -0.3 is 10.4 Å². The van der Waals surface area contributed by atoms with Crippen molar-refractivity contribution >= 4 is 23.6 Å². The van der Waals surface area contributed by atoms with Gasteiger partial charge in [-0.2, -0.15) is 0 Å². The molecule has 1 heterocycles. The number of hydrogen-bond acceptors (Lipinski definition) is 3. The Bertz CT molecular complexity index is 504. The van der Waals surface area contributed by atoms with Crippen LogP contribution in [0.4, 0.5) is 0 Å². The Balaban J connectivity index is 1.94. The summed E-state index contributed by atoms with van der Waals surface area (Å²) in [7, 11) is 0. The summed E-state index contributed by atoms with van der Waals surface area (Å²) in [5.41, 5.74) is 1.17. The maximum Gasteiger partial charge on any atom is 0.303 e. The van der Waals surface area contributed by atoms with Crippen LogP contribution in [0.5, 0.6) is 0 Å². The van der Waals surface area contributed by atoms with E-state index in [4.69, 9.17) is 5.11 Å². The number of nitrogens with one attached hydrogen (secondary N) is 1. The SMILES string of the molecule is CC(CC(=O)O)CC(=O)NC1CCSc2ccccc21. The van der Waals surface area contributed by atoms with Gasteiger partial charge in [0.2, 0.25) is 5.91 Å². The number of rotatable bonds is 5. The molecule has 20 heavy (non-hydrogen) atoms. The Morgan fingerprint density at radius 3 is 2.90 bits per heavy atom. The highest BCUT2D eigenvalue weighted by Crippen LogP contribution is 2.35. The minimum atomic E-state index is -0.857. The van der Waals surface area contributed by atoms with Crippen LogP contribution >= 0.6 is 11.8 Å². The Hall–Kier alpha value is -1.49. The average molecular weight is 293 g/mol. The number of fused-ring (bicyclic) bond motifs is 1. The van der Waals surface area contributed by atoms with Crippen LogP contribution in [0.25, 0.3) is 0 Å². The lowest BCUT2D eigenvalue weighted by Crippen LogP contribution is -2.31. The number of hydrogen-bond donors (Lipinski definition) is 2. The maximum atomic E-state index is 12.0. The monoisotopic (exact) mass is 293 g/mol. The highest BCUT2D eigenvalue weighted by atomic mass is 32.2. The second-order valence-electron chi connectivity index (χ2n) is 5.20. The quantitative estimate of drug-likeness (QED) is 0.876. The van der Waals surface area contributed by atoms with E-state index in [-0.39, 0.29) is 30.7 Å². The molecule has 4 nitrogen and oxygen atoms in total. The fourth-order valence-electron chi connectivity index (χ4n) is 2.43. The highest BCUT2D eigenvalue weighted by molar-refractivity contribution is 7.99. The molecule has 0 spiro atoms. The van der Waals surface area contributed by atoms with Crippen LogP contribution in [-0.4, -0.2) is 22.7 Å². The summed E-state index contributed by atoms with van der Waals surface area (Å²) in [5.74, 6) is -0.0667. The number of amides is 1. The average Bonchev–Trinajstić information content (AvgIpc) is 2.38. The van der Waals surface area contributed by atoms with Crippen molar-refractivity contribution in [1.82, 2.24) is 5.32 Å². The molecule has 0 radical (unpaired) electrons. The van der Waals surface area contributed by atoms with E-state index in [9.17, 15) is 9.59 Å². The molecule has 1 aliphatic rings. The van der Waals surface area contributed by atoms with Crippen molar-refractivity contribution in [2.75, 3.05) is 5.75 Å². The Morgan fingerprint density at radius 1 is 1.40 bits per heavy atom. The first kappa shape index (κ1) is 14.9. The highest BCUT2D eigenvalue weighted by Gasteiger charge is 2.22. The molecular formula is C15H19NO3S. The van der Waals surface area contributed by atoms with Crippen LogP contribution in [0.2, 0.25) is 0 Å². The van der Waals surface area contributed by atoms with Gasteiger partial charge in [-0.3, -0.25) is 9.59 Å². The van der Waals surface area contributed by atoms with E-state index in [2.05, 4.69) is 11.4 Å². The molecule has 1 aliphatic heterocycles. The fraction of sp³-hybridized carbons (Fsp3) is 0.467. The Morgan fingerprint density at radius 2 is 2.15 bits per heavy atom. The second kappa shape index (κ2) is 6.79. The van der Waals surface area contributed by atoms with Gasteiger partial charge in [-0.1, -0.05) is 25.1 Å². The van der Waals surface area contributed by atoms with Crippen molar-refractivity contribution < 1.29 is 14.7 Å². The number of carbonyl (C=O) groups excluding carboxylic acids is 1. The minimum Gasteiger partial charge on any atom is -0.481 e. The molecule has 1 aromatic carbocycles. The van der Waals surface area contributed by atoms with E-state index < -0.39 is 5.97 Å². The summed E-state index contributed by atoms with van der Waals surface area (Å²) in [6, 6.07) is 8.16. The minimum absolute atomic E-state index is 0.0323. The van der Waals surface area contributed by atoms with Crippen LogP contribution in [-0.2, 0) is 9.59 Å². The second-order valence-corrected chi connectivity index (χ2v) is 6.34. The summed E-state index contributed by atoms with van der Waals surface area (Å²) in [4.78, 5) is 23.8. The molecule has 2 N–H and O–H groups in total. The van der Waals surface area contributed by atoms with E-state index in [0.29, 0.717) is 0 Å². The molecule has 2 unspecified atom stereocenters. The van der Waals surface area contributed by atoms with Gasteiger partial charge in [0, 0.05) is 23.5 Å². The molecule has 0 aliphatic carbocycles. The fourth-order valence-corrected chi connectivity index (χ4v) is 3.56. The van der Waals surface area contributed by atoms with Crippen molar-refractivity contribution in [2.24, 2.45) is 5.92 Å². The number of carboxylic acid groups (broad SMARTS) is 1. The molecule has 5 heteroatoms. The van der Waals surface area contributed by atoms with Crippen LogP contribution in [0.1, 0.15) is 37.8 Å². The lowest BCUT2D eigenvalue weighted by Gasteiger charge is -2.26. The third-order valence-corrected chi connectivity index (χ3v) is 4.47. The third kappa shape index (κ3) is 4.00. The summed E-state index contributed by atoms with van der Waals surface area (Å²) in [6.45, 7) is 1.79. The van der Waals surface area contributed by atoms with Crippen LogP contribution in [0.3, 0.4) is 0 Å². The van der Waals surface area contributed by atoms with Gasteiger partial charge in [-0.25, -0.2) is 0 Å². The predicted molar refractivity (Wildman–Crippen MR) is 78.7 cm³/mol. The van der Waals surface area contributed by atoms with E-state index in [1.165, 1.54) is 10.5 Å². The van der Waals surface area contributed by atoms with Gasteiger partial charge in [0.05, 0.1) is 6.04 Å². The van der Waals surface area contributed by atoms with Gasteiger partial charge >= 0.3 is 5.97 Å². The van der Waals surface area contributed by atoms with Gasteiger partial charge in [0.25, 0.3) is 0 Å². The molecule has 0 fully saturated rings. The molecule has 0 aromatic heterocycles. The molecule has 0 saturated carbocycles. The first-order valence-corrected chi connectivity index (χ1v) is 7.77. The summed E-state index contributed by atoms with van der Waals surface area (Å²) in [6.07, 6.45) is 1.21. The number of thioether (sulfide) groups is 1. The van der Waals surface area contributed by atoms with Crippen LogP contribution < -0.4 is 5.32 Å². The molecule has 1 aromatic rings. The van der Waals surface area contributed by atoms with Crippen molar-refractivity contribution in [3.63, 3.8) is 0 Å². The van der Waals surface area contributed by atoms with Gasteiger partial charge in [-0.05, 0) is 24.0 Å². The van der Waals surface area contributed by atoms with Gasteiger partial charge in [0.1, 0.15) is 0 Å². The standard InChI is InChI=1S/C15H19NO3S/c1-10(9-15(18)19)8-14(17)16-12-6-7-20-13-5-3-2-4-11(12)13/h2-5,10,12H,6-9H2,1H3,(H,16,17)(H,18,19). The van der Waals surface area contributed by atoms with Crippen molar-refractivity contribution in [3.8, 4) is 0 Å². The Kier molecular flexibility index (Phi) is 5.06. The number of carboxylic acids is 1. The molecular weight excluding hydrogens is 274 g/mol. The summed E-state index contributed by atoms with van der Waals surface area (Å²) >= 11 is 1.81. The first-order chi connectivity index (χ1) is 9.56. The van der Waals surface area contributed by atoms with Crippen LogP contribution in [0, 0.1) is 5.92 Å². The third-order valence-electron chi connectivity index (χ3n) is 3.35. The smallest absolute Gasteiger partial charge is 0.303 e. The van der Waals surface area contributed by atoms with E-state index in [1.54, 1.807) is 6.92 Å². The predicted octanol–water partition coefficient (Wildman–Crippen LogP) is 2.84. The zero-order valence-electron chi connectivity index (χ0n) is 11.5. The normalized spacial score (nSPS) is 18.9. The van der Waals surface area contributed by atoms with Crippen molar-refractivity contribution in [1.29, 1.82) is 0 Å². The van der Waals surface area contributed by atoms with E-state index in [0.717, 1.165) is 12.2 Å².